The van der Waals surface area contributed by atoms with Gasteiger partial charge in [0.1, 0.15) is 0 Å². The highest BCUT2D eigenvalue weighted by molar-refractivity contribution is 5.73. The van der Waals surface area contributed by atoms with E-state index in [1.54, 1.807) is 4.90 Å². The van der Waals surface area contributed by atoms with Crippen LogP contribution < -0.4 is 5.32 Å². The van der Waals surface area contributed by atoms with Gasteiger partial charge in [0.25, 0.3) is 0 Å². The first kappa shape index (κ1) is 11.7. The van der Waals surface area contributed by atoms with Crippen LogP contribution in [0.4, 0.5) is 4.79 Å². The van der Waals surface area contributed by atoms with Crippen LogP contribution >= 0.6 is 0 Å². The summed E-state index contributed by atoms with van der Waals surface area (Å²) in [6.07, 6.45) is 1.25. The number of carbonyl (C=O) groups is 1. The minimum atomic E-state index is 0.143. The molecule has 16 heavy (non-hydrogen) atoms. The van der Waals surface area contributed by atoms with Crippen molar-refractivity contribution in [2.24, 2.45) is 0 Å². The molecule has 2 aliphatic heterocycles. The quantitative estimate of drug-likeness (QED) is 0.664. The third-order valence-corrected chi connectivity index (χ3v) is 3.52. The van der Waals surface area contributed by atoms with Gasteiger partial charge in [0.15, 0.2) is 0 Å². The lowest BCUT2D eigenvalue weighted by atomic mass is 10.2. The lowest BCUT2D eigenvalue weighted by Gasteiger charge is -2.38. The van der Waals surface area contributed by atoms with Gasteiger partial charge in [0.2, 0.25) is 0 Å². The maximum atomic E-state index is 11.7. The molecule has 1 N–H and O–H groups in total. The number of nitrogens with one attached hydrogen (secondary N) is 1. The highest BCUT2D eigenvalue weighted by Gasteiger charge is 2.27. The summed E-state index contributed by atoms with van der Waals surface area (Å²) >= 11 is 0. The van der Waals surface area contributed by atoms with Gasteiger partial charge in [0, 0.05) is 52.9 Å². The van der Waals surface area contributed by atoms with Crippen LogP contribution in [0.15, 0.2) is 0 Å². The summed E-state index contributed by atoms with van der Waals surface area (Å²) in [5, 5.41) is 3.39. The molecule has 0 saturated carbocycles. The van der Waals surface area contributed by atoms with E-state index in [4.69, 9.17) is 0 Å². The Labute approximate surface area is 97.4 Å². The Morgan fingerprint density at radius 3 is 2.44 bits per heavy atom. The van der Waals surface area contributed by atoms with E-state index in [1.165, 1.54) is 6.42 Å². The molecule has 0 bridgehead atoms. The number of hydrogen-bond acceptors (Lipinski definition) is 3. The molecule has 0 aliphatic carbocycles. The van der Waals surface area contributed by atoms with E-state index in [0.717, 1.165) is 39.3 Å². The van der Waals surface area contributed by atoms with Crippen molar-refractivity contribution in [1.29, 1.82) is 0 Å². The zero-order valence-electron chi connectivity index (χ0n) is 10.3. The summed E-state index contributed by atoms with van der Waals surface area (Å²) in [4.78, 5) is 17.9. The molecule has 0 radical (unpaired) electrons. The number of hydrogen-bond donors (Lipinski definition) is 1. The van der Waals surface area contributed by atoms with Gasteiger partial charge in [0.05, 0.1) is 0 Å². The molecule has 0 aromatic carbocycles. The van der Waals surface area contributed by atoms with Crippen LogP contribution in [0.2, 0.25) is 0 Å². The predicted octanol–water partition coefficient (Wildman–Crippen LogP) is -0.352. The van der Waals surface area contributed by atoms with Gasteiger partial charge in [-0.15, -0.1) is 0 Å². The number of nitrogens with zero attached hydrogens (tertiary/aromatic N) is 3. The summed E-state index contributed by atoms with van der Waals surface area (Å²) in [5.74, 6) is 0. The number of amides is 2. The second-order valence-corrected chi connectivity index (χ2v) is 4.85. The minimum absolute atomic E-state index is 0.143. The molecular formula is C11H22N4O. The summed E-state index contributed by atoms with van der Waals surface area (Å²) in [6.45, 7) is 6.03. The van der Waals surface area contributed by atoms with Gasteiger partial charge < -0.3 is 15.1 Å². The smallest absolute Gasteiger partial charge is 0.319 e. The van der Waals surface area contributed by atoms with E-state index < -0.39 is 0 Å². The lowest BCUT2D eigenvalue weighted by Crippen LogP contribution is -2.54. The Hall–Kier alpha value is -0.810. The molecule has 2 amide bonds. The van der Waals surface area contributed by atoms with E-state index >= 15 is 0 Å². The van der Waals surface area contributed by atoms with Crippen LogP contribution in [-0.4, -0.2) is 80.1 Å². The Bertz CT molecular complexity index is 242. The monoisotopic (exact) mass is 226 g/mol. The summed E-state index contributed by atoms with van der Waals surface area (Å²) in [7, 11) is 3.63. The standard InChI is InChI=1S/C11H22N4O/c1-13(2)11(16)15-7-5-14(6-8-15)10-3-4-12-9-10/h10,12H,3-9H2,1-2H3/t10-/m0/s1. The Kier molecular flexibility index (Phi) is 3.66. The normalized spacial score (nSPS) is 27.1. The predicted molar refractivity (Wildman–Crippen MR) is 63.5 cm³/mol. The van der Waals surface area contributed by atoms with Crippen LogP contribution in [-0.2, 0) is 0 Å². The fraction of sp³-hybridized carbons (Fsp3) is 0.909. The molecule has 1 atom stereocenters. The molecule has 0 unspecified atom stereocenters. The van der Waals surface area contributed by atoms with Crippen LogP contribution in [0.25, 0.3) is 0 Å². The fourth-order valence-corrected chi connectivity index (χ4v) is 2.51. The van der Waals surface area contributed by atoms with Crippen molar-refractivity contribution >= 4 is 6.03 Å². The average molecular weight is 226 g/mol. The molecule has 2 heterocycles. The Morgan fingerprint density at radius 1 is 1.25 bits per heavy atom. The van der Waals surface area contributed by atoms with Crippen LogP contribution in [0, 0.1) is 0 Å². The van der Waals surface area contributed by atoms with Crippen LogP contribution in [0.5, 0.6) is 0 Å². The highest BCUT2D eigenvalue weighted by atomic mass is 16.2. The average Bonchev–Trinajstić information content (AvgIpc) is 2.81. The first-order valence-corrected chi connectivity index (χ1v) is 6.09. The number of carbonyl (C=O) groups excluding carboxylic acids is 1. The number of piperazine rings is 1. The van der Waals surface area contributed by atoms with Gasteiger partial charge >= 0.3 is 6.03 Å². The van der Waals surface area contributed by atoms with Gasteiger partial charge in [-0.2, -0.15) is 0 Å². The van der Waals surface area contributed by atoms with Gasteiger partial charge in [-0.25, -0.2) is 4.79 Å². The van der Waals surface area contributed by atoms with Gasteiger partial charge in [-0.1, -0.05) is 0 Å². The van der Waals surface area contributed by atoms with Crippen molar-refractivity contribution in [1.82, 2.24) is 20.0 Å². The summed E-state index contributed by atoms with van der Waals surface area (Å²) < 4.78 is 0. The van der Waals surface area contributed by atoms with Crippen molar-refractivity contribution in [3.63, 3.8) is 0 Å². The lowest BCUT2D eigenvalue weighted by molar-refractivity contribution is 0.103. The maximum absolute atomic E-state index is 11.7. The van der Waals surface area contributed by atoms with E-state index in [-0.39, 0.29) is 6.03 Å². The minimum Gasteiger partial charge on any atom is -0.331 e. The molecule has 0 aromatic heterocycles. The van der Waals surface area contributed by atoms with Gasteiger partial charge in [-0.3, -0.25) is 4.90 Å². The summed E-state index contributed by atoms with van der Waals surface area (Å²) in [5.41, 5.74) is 0. The third-order valence-electron chi connectivity index (χ3n) is 3.52. The van der Waals surface area contributed by atoms with Crippen molar-refractivity contribution in [3.8, 4) is 0 Å². The third kappa shape index (κ3) is 2.47. The van der Waals surface area contributed by atoms with Crippen molar-refractivity contribution in [2.75, 3.05) is 53.4 Å². The first-order valence-electron chi connectivity index (χ1n) is 6.09. The molecule has 5 heteroatoms. The van der Waals surface area contributed by atoms with Crippen molar-refractivity contribution < 1.29 is 4.79 Å². The second kappa shape index (κ2) is 5.01. The SMILES string of the molecule is CN(C)C(=O)N1CCN([C@H]2CCNC2)CC1. The van der Waals surface area contributed by atoms with Crippen molar-refractivity contribution in [3.05, 3.63) is 0 Å². The molecule has 92 valence electrons. The molecule has 2 aliphatic rings. The van der Waals surface area contributed by atoms with Crippen molar-refractivity contribution in [2.45, 2.75) is 12.5 Å². The maximum Gasteiger partial charge on any atom is 0.319 e. The summed E-state index contributed by atoms with van der Waals surface area (Å²) in [6, 6.07) is 0.834. The van der Waals surface area contributed by atoms with E-state index in [2.05, 4.69) is 10.2 Å². The van der Waals surface area contributed by atoms with E-state index in [9.17, 15) is 4.79 Å². The second-order valence-electron chi connectivity index (χ2n) is 4.85. The molecule has 2 rings (SSSR count). The zero-order chi connectivity index (χ0) is 11.5. The number of rotatable bonds is 1. The Morgan fingerprint density at radius 2 is 1.94 bits per heavy atom. The zero-order valence-corrected chi connectivity index (χ0v) is 10.3. The molecule has 2 saturated heterocycles. The molecule has 2 fully saturated rings. The first-order chi connectivity index (χ1) is 7.68. The molecule has 5 nitrogen and oxygen atoms in total. The van der Waals surface area contributed by atoms with E-state index in [0.29, 0.717) is 6.04 Å². The van der Waals surface area contributed by atoms with Crippen LogP contribution in [0.3, 0.4) is 0 Å². The Balaban J connectivity index is 1.80. The molecular weight excluding hydrogens is 204 g/mol. The molecule has 0 spiro atoms. The van der Waals surface area contributed by atoms with Crippen LogP contribution in [0.1, 0.15) is 6.42 Å². The number of urea groups is 1. The molecule has 0 aromatic rings. The fourth-order valence-electron chi connectivity index (χ4n) is 2.51. The largest absolute Gasteiger partial charge is 0.331 e. The van der Waals surface area contributed by atoms with E-state index in [1.807, 2.05) is 19.0 Å². The van der Waals surface area contributed by atoms with Gasteiger partial charge in [-0.05, 0) is 13.0 Å². The topological polar surface area (TPSA) is 38.8 Å². The highest BCUT2D eigenvalue weighted by Crippen LogP contribution is 2.12.